The number of hydrogen-bond acceptors (Lipinski definition) is 3. The highest BCUT2D eigenvalue weighted by molar-refractivity contribution is 5.92. The van der Waals surface area contributed by atoms with Gasteiger partial charge in [-0.3, -0.25) is 9.59 Å². The van der Waals surface area contributed by atoms with Crippen LogP contribution in [0.4, 0.5) is 0 Å². The molecular formula is C11H21NO4. The smallest absolute Gasteiger partial charge is 0.317 e. The number of aliphatic carboxylic acids is 2. The predicted molar refractivity (Wildman–Crippen MR) is 60.4 cm³/mol. The number of carbonyl (C=O) groups is 2. The molecule has 5 nitrogen and oxygen atoms in total. The number of unbranched alkanes of at least 4 members (excludes halogenated alkanes) is 1. The van der Waals surface area contributed by atoms with Gasteiger partial charge in [0.2, 0.25) is 0 Å². The predicted octanol–water partition coefficient (Wildman–Crippen LogP) is 1.28. The first-order valence-corrected chi connectivity index (χ1v) is 5.70. The van der Waals surface area contributed by atoms with Gasteiger partial charge in [0.15, 0.2) is 5.92 Å². The quantitative estimate of drug-likeness (QED) is 0.462. The molecule has 0 atom stereocenters. The monoisotopic (exact) mass is 231 g/mol. The second-order valence-corrected chi connectivity index (χ2v) is 3.75. The molecule has 0 saturated carbocycles. The maximum atomic E-state index is 10.6. The third-order valence-corrected chi connectivity index (χ3v) is 2.71. The van der Waals surface area contributed by atoms with Crippen LogP contribution in [0.3, 0.4) is 0 Å². The summed E-state index contributed by atoms with van der Waals surface area (Å²) in [6.45, 7) is 6.98. The minimum Gasteiger partial charge on any atom is -0.481 e. The standard InChI is InChI=1S/C11H21NO4/c1-3-12(4-2)8-6-5-7-9(10(13)14)11(15)16/h9H,3-8H2,1-2H3,(H,13,14)(H,15,16). The number of carboxylic acids is 2. The molecule has 94 valence electrons. The molecule has 0 heterocycles. The summed E-state index contributed by atoms with van der Waals surface area (Å²) in [6.07, 6.45) is 1.70. The second-order valence-electron chi connectivity index (χ2n) is 3.75. The van der Waals surface area contributed by atoms with Crippen molar-refractivity contribution in [1.29, 1.82) is 0 Å². The van der Waals surface area contributed by atoms with E-state index in [4.69, 9.17) is 10.2 Å². The average molecular weight is 231 g/mol. The Kier molecular flexibility index (Phi) is 7.54. The van der Waals surface area contributed by atoms with E-state index in [2.05, 4.69) is 18.7 Å². The van der Waals surface area contributed by atoms with Gasteiger partial charge in [-0.25, -0.2) is 0 Å². The van der Waals surface area contributed by atoms with Crippen molar-refractivity contribution in [2.24, 2.45) is 5.92 Å². The maximum absolute atomic E-state index is 10.6. The second kappa shape index (κ2) is 8.10. The van der Waals surface area contributed by atoms with Crippen LogP contribution in [-0.4, -0.2) is 46.7 Å². The molecule has 0 saturated heterocycles. The molecule has 0 fully saturated rings. The van der Waals surface area contributed by atoms with Gasteiger partial charge < -0.3 is 15.1 Å². The largest absolute Gasteiger partial charge is 0.481 e. The number of rotatable bonds is 9. The zero-order valence-electron chi connectivity index (χ0n) is 9.98. The van der Waals surface area contributed by atoms with Crippen LogP contribution >= 0.6 is 0 Å². The zero-order valence-corrected chi connectivity index (χ0v) is 9.98. The van der Waals surface area contributed by atoms with Crippen molar-refractivity contribution >= 4 is 11.9 Å². The lowest BCUT2D eigenvalue weighted by molar-refractivity contribution is -0.154. The van der Waals surface area contributed by atoms with Crippen LogP contribution in [0.5, 0.6) is 0 Å². The third-order valence-electron chi connectivity index (χ3n) is 2.71. The minimum absolute atomic E-state index is 0.214. The summed E-state index contributed by atoms with van der Waals surface area (Å²) in [6, 6.07) is 0. The summed E-state index contributed by atoms with van der Waals surface area (Å²) in [7, 11) is 0. The highest BCUT2D eigenvalue weighted by Crippen LogP contribution is 2.09. The first-order valence-electron chi connectivity index (χ1n) is 5.70. The normalized spacial score (nSPS) is 11.0. The van der Waals surface area contributed by atoms with Crippen molar-refractivity contribution in [3.63, 3.8) is 0 Å². The first-order chi connectivity index (χ1) is 7.52. The SMILES string of the molecule is CCN(CC)CCCCC(C(=O)O)C(=O)O. The fraction of sp³-hybridized carbons (Fsp3) is 0.818. The Hall–Kier alpha value is -1.10. The summed E-state index contributed by atoms with van der Waals surface area (Å²) >= 11 is 0. The van der Waals surface area contributed by atoms with E-state index in [0.29, 0.717) is 6.42 Å². The van der Waals surface area contributed by atoms with Crippen molar-refractivity contribution in [3.05, 3.63) is 0 Å². The van der Waals surface area contributed by atoms with Crippen LogP contribution in [-0.2, 0) is 9.59 Å². The van der Waals surface area contributed by atoms with Crippen LogP contribution in [0.2, 0.25) is 0 Å². The minimum atomic E-state index is -1.25. The molecule has 5 heteroatoms. The van der Waals surface area contributed by atoms with E-state index in [0.717, 1.165) is 26.1 Å². The van der Waals surface area contributed by atoms with Crippen LogP contribution in [0, 0.1) is 5.92 Å². The fourth-order valence-electron chi connectivity index (χ4n) is 1.58. The molecule has 16 heavy (non-hydrogen) atoms. The Morgan fingerprint density at radius 3 is 1.94 bits per heavy atom. The Morgan fingerprint density at radius 2 is 1.56 bits per heavy atom. The molecule has 0 aliphatic heterocycles. The van der Waals surface area contributed by atoms with Crippen molar-refractivity contribution in [2.75, 3.05) is 19.6 Å². The molecule has 2 N–H and O–H groups in total. The lowest BCUT2D eigenvalue weighted by Gasteiger charge is -2.17. The molecule has 0 aliphatic carbocycles. The van der Waals surface area contributed by atoms with Crippen LogP contribution in [0.15, 0.2) is 0 Å². The summed E-state index contributed by atoms with van der Waals surface area (Å²) in [5.41, 5.74) is 0. The molecule has 0 rings (SSSR count). The third kappa shape index (κ3) is 5.70. The van der Waals surface area contributed by atoms with E-state index in [1.54, 1.807) is 0 Å². The summed E-state index contributed by atoms with van der Waals surface area (Å²) < 4.78 is 0. The van der Waals surface area contributed by atoms with Gasteiger partial charge >= 0.3 is 11.9 Å². The molecule has 0 aromatic rings. The highest BCUT2D eigenvalue weighted by atomic mass is 16.4. The molecule has 0 aromatic heterocycles. The van der Waals surface area contributed by atoms with Crippen LogP contribution < -0.4 is 0 Å². The Bertz CT molecular complexity index is 212. The molecule has 0 radical (unpaired) electrons. The number of hydrogen-bond donors (Lipinski definition) is 2. The van der Waals surface area contributed by atoms with E-state index in [-0.39, 0.29) is 6.42 Å². The summed E-state index contributed by atoms with van der Waals surface area (Å²) in [5.74, 6) is -3.73. The number of carboxylic acid groups (broad SMARTS) is 2. The maximum Gasteiger partial charge on any atom is 0.317 e. The van der Waals surface area contributed by atoms with E-state index in [1.807, 2.05) is 0 Å². The fourth-order valence-corrected chi connectivity index (χ4v) is 1.58. The molecule has 0 bridgehead atoms. The molecule has 0 aromatic carbocycles. The lowest BCUT2D eigenvalue weighted by Crippen LogP contribution is -2.25. The molecule has 0 unspecified atom stereocenters. The highest BCUT2D eigenvalue weighted by Gasteiger charge is 2.24. The van der Waals surface area contributed by atoms with Crippen LogP contribution in [0.25, 0.3) is 0 Å². The van der Waals surface area contributed by atoms with E-state index >= 15 is 0 Å². The summed E-state index contributed by atoms with van der Waals surface area (Å²) in [5, 5.41) is 17.3. The Labute approximate surface area is 96.1 Å². The molecular weight excluding hydrogens is 210 g/mol. The topological polar surface area (TPSA) is 77.8 Å². The van der Waals surface area contributed by atoms with Gasteiger partial charge in [0.25, 0.3) is 0 Å². The lowest BCUT2D eigenvalue weighted by atomic mass is 10.0. The average Bonchev–Trinajstić information content (AvgIpc) is 2.22. The van der Waals surface area contributed by atoms with Crippen molar-refractivity contribution < 1.29 is 19.8 Å². The Morgan fingerprint density at radius 1 is 1.06 bits per heavy atom. The van der Waals surface area contributed by atoms with E-state index in [1.165, 1.54) is 0 Å². The molecule has 0 amide bonds. The Balaban J connectivity index is 3.79. The van der Waals surface area contributed by atoms with Gasteiger partial charge in [-0.05, 0) is 32.5 Å². The molecule has 0 aliphatic rings. The number of nitrogens with zero attached hydrogens (tertiary/aromatic N) is 1. The zero-order chi connectivity index (χ0) is 12.6. The van der Waals surface area contributed by atoms with Gasteiger partial charge in [0, 0.05) is 0 Å². The summed E-state index contributed by atoms with van der Waals surface area (Å²) in [4.78, 5) is 23.4. The molecule has 0 spiro atoms. The van der Waals surface area contributed by atoms with Gasteiger partial charge in [0.05, 0.1) is 0 Å². The van der Waals surface area contributed by atoms with Crippen molar-refractivity contribution in [3.8, 4) is 0 Å². The van der Waals surface area contributed by atoms with Gasteiger partial charge in [0.1, 0.15) is 0 Å². The van der Waals surface area contributed by atoms with Gasteiger partial charge in [-0.15, -0.1) is 0 Å². The van der Waals surface area contributed by atoms with Gasteiger partial charge in [-0.1, -0.05) is 20.3 Å². The van der Waals surface area contributed by atoms with Gasteiger partial charge in [-0.2, -0.15) is 0 Å². The van der Waals surface area contributed by atoms with Crippen molar-refractivity contribution in [2.45, 2.75) is 33.1 Å². The van der Waals surface area contributed by atoms with E-state index < -0.39 is 17.9 Å². The van der Waals surface area contributed by atoms with E-state index in [9.17, 15) is 9.59 Å². The van der Waals surface area contributed by atoms with Crippen molar-refractivity contribution in [1.82, 2.24) is 4.90 Å². The van der Waals surface area contributed by atoms with Crippen LogP contribution in [0.1, 0.15) is 33.1 Å². The first kappa shape index (κ1) is 14.9.